The van der Waals surface area contributed by atoms with E-state index in [0.717, 1.165) is 25.3 Å². The molecule has 1 aliphatic rings. The average Bonchev–Trinajstić information content (AvgIpc) is 2.47. The molecule has 0 radical (unpaired) electrons. The van der Waals surface area contributed by atoms with Crippen LogP contribution in [0.15, 0.2) is 6.20 Å². The summed E-state index contributed by atoms with van der Waals surface area (Å²) in [6.45, 7) is 5.09. The molecule has 0 fully saturated rings. The van der Waals surface area contributed by atoms with Crippen LogP contribution in [0.1, 0.15) is 37.7 Å². The number of fused-ring (bicyclic) bond motifs is 1. The molecule has 12 heavy (non-hydrogen) atoms. The van der Waals surface area contributed by atoms with Crippen molar-refractivity contribution in [1.29, 1.82) is 0 Å². The van der Waals surface area contributed by atoms with Crippen molar-refractivity contribution in [1.82, 2.24) is 9.71 Å². The Morgan fingerprint density at radius 3 is 3.17 bits per heavy atom. The third-order valence-corrected chi connectivity index (χ3v) is 2.13. The second-order valence-electron chi connectivity index (χ2n) is 3.49. The number of aromatic nitrogens is 2. The predicted molar refractivity (Wildman–Crippen MR) is 46.1 cm³/mol. The van der Waals surface area contributed by atoms with E-state index in [2.05, 4.69) is 18.8 Å². The third kappa shape index (κ3) is 1.09. The molecule has 3 heteroatoms. The van der Waals surface area contributed by atoms with Crippen LogP contribution >= 0.6 is 0 Å². The van der Waals surface area contributed by atoms with Gasteiger partial charge in [-0.15, -0.1) is 0 Å². The zero-order valence-corrected chi connectivity index (χ0v) is 7.58. The van der Waals surface area contributed by atoms with Gasteiger partial charge in [-0.1, -0.05) is 13.8 Å². The van der Waals surface area contributed by atoms with Crippen molar-refractivity contribution in [3.8, 4) is 0 Å². The van der Waals surface area contributed by atoms with E-state index < -0.39 is 0 Å². The quantitative estimate of drug-likeness (QED) is 0.630. The Morgan fingerprint density at radius 1 is 1.58 bits per heavy atom. The van der Waals surface area contributed by atoms with Crippen LogP contribution < -0.4 is 4.84 Å². The van der Waals surface area contributed by atoms with Gasteiger partial charge in [-0.25, -0.2) is 4.98 Å². The molecule has 2 heterocycles. The van der Waals surface area contributed by atoms with E-state index in [0.29, 0.717) is 5.92 Å². The van der Waals surface area contributed by atoms with E-state index in [-0.39, 0.29) is 0 Å². The summed E-state index contributed by atoms with van der Waals surface area (Å²) in [5, 5.41) is 0. The van der Waals surface area contributed by atoms with Crippen molar-refractivity contribution >= 4 is 0 Å². The van der Waals surface area contributed by atoms with Crippen molar-refractivity contribution in [2.75, 3.05) is 6.61 Å². The standard InChI is InChI=1S/C9H14N2O/c1-7(2)9-10-6-8-4-3-5-12-11(8)9/h6-7H,3-5H2,1-2H3. The van der Waals surface area contributed by atoms with E-state index in [1.807, 2.05) is 10.9 Å². The molecule has 0 unspecified atom stereocenters. The maximum Gasteiger partial charge on any atom is 0.147 e. The molecule has 0 atom stereocenters. The topological polar surface area (TPSA) is 27.1 Å². The molecule has 1 aliphatic heterocycles. The summed E-state index contributed by atoms with van der Waals surface area (Å²) >= 11 is 0. The van der Waals surface area contributed by atoms with E-state index in [1.165, 1.54) is 5.69 Å². The van der Waals surface area contributed by atoms with E-state index in [1.54, 1.807) is 0 Å². The van der Waals surface area contributed by atoms with Crippen LogP contribution in [0.4, 0.5) is 0 Å². The van der Waals surface area contributed by atoms with Crippen molar-refractivity contribution in [3.63, 3.8) is 0 Å². The van der Waals surface area contributed by atoms with Crippen LogP contribution in [0.3, 0.4) is 0 Å². The molecule has 0 N–H and O–H groups in total. The van der Waals surface area contributed by atoms with Crippen LogP contribution in [-0.4, -0.2) is 16.3 Å². The highest BCUT2D eigenvalue weighted by Crippen LogP contribution is 2.17. The molecule has 66 valence electrons. The molecule has 0 aliphatic carbocycles. The Morgan fingerprint density at radius 2 is 2.42 bits per heavy atom. The van der Waals surface area contributed by atoms with Gasteiger partial charge in [0.15, 0.2) is 0 Å². The molecule has 0 aromatic carbocycles. The summed E-state index contributed by atoms with van der Waals surface area (Å²) < 4.78 is 1.90. The molecule has 1 aromatic rings. The Labute approximate surface area is 72.3 Å². The fourth-order valence-electron chi connectivity index (χ4n) is 1.50. The van der Waals surface area contributed by atoms with Crippen LogP contribution in [0.5, 0.6) is 0 Å². The van der Waals surface area contributed by atoms with Crippen LogP contribution in [0, 0.1) is 0 Å². The van der Waals surface area contributed by atoms with Gasteiger partial charge in [0.1, 0.15) is 12.4 Å². The third-order valence-electron chi connectivity index (χ3n) is 2.13. The van der Waals surface area contributed by atoms with Gasteiger partial charge in [-0.2, -0.15) is 4.73 Å². The number of imidazole rings is 1. The summed E-state index contributed by atoms with van der Waals surface area (Å²) in [5.74, 6) is 1.49. The molecule has 0 saturated heterocycles. The van der Waals surface area contributed by atoms with Crippen molar-refractivity contribution in [2.24, 2.45) is 0 Å². The number of hydrogen-bond donors (Lipinski definition) is 0. The molecule has 0 spiro atoms. The lowest BCUT2D eigenvalue weighted by Gasteiger charge is -2.18. The Balaban J connectivity index is 2.38. The number of aryl methyl sites for hydroxylation is 1. The highest BCUT2D eigenvalue weighted by Gasteiger charge is 2.16. The van der Waals surface area contributed by atoms with E-state index in [4.69, 9.17) is 4.84 Å². The van der Waals surface area contributed by atoms with Crippen LogP contribution in [0.25, 0.3) is 0 Å². The van der Waals surface area contributed by atoms with Gasteiger partial charge < -0.3 is 4.84 Å². The lowest BCUT2D eigenvalue weighted by molar-refractivity contribution is 0.0740. The predicted octanol–water partition coefficient (Wildman–Crippen LogP) is 1.38. The van der Waals surface area contributed by atoms with Crippen LogP contribution in [-0.2, 0) is 6.42 Å². The zero-order chi connectivity index (χ0) is 8.55. The second kappa shape index (κ2) is 2.81. The minimum atomic E-state index is 0.442. The minimum absolute atomic E-state index is 0.442. The first-order valence-corrected chi connectivity index (χ1v) is 4.49. The number of nitrogens with zero attached hydrogens (tertiary/aromatic N) is 2. The van der Waals surface area contributed by atoms with Gasteiger partial charge in [0.25, 0.3) is 0 Å². The molecule has 1 aromatic heterocycles. The lowest BCUT2D eigenvalue weighted by Crippen LogP contribution is -2.23. The second-order valence-corrected chi connectivity index (χ2v) is 3.49. The smallest absolute Gasteiger partial charge is 0.147 e. The molecular weight excluding hydrogens is 152 g/mol. The first-order valence-electron chi connectivity index (χ1n) is 4.49. The highest BCUT2D eigenvalue weighted by atomic mass is 16.7. The summed E-state index contributed by atoms with van der Waals surface area (Å²) in [6, 6.07) is 0. The van der Waals surface area contributed by atoms with Gasteiger partial charge in [0, 0.05) is 5.92 Å². The first kappa shape index (κ1) is 7.65. The van der Waals surface area contributed by atoms with Crippen molar-refractivity contribution in [2.45, 2.75) is 32.6 Å². The van der Waals surface area contributed by atoms with Gasteiger partial charge in [-0.05, 0) is 12.8 Å². The number of rotatable bonds is 1. The first-order chi connectivity index (χ1) is 5.79. The van der Waals surface area contributed by atoms with Crippen molar-refractivity contribution < 1.29 is 4.84 Å². The molecule has 2 rings (SSSR count). The van der Waals surface area contributed by atoms with Gasteiger partial charge in [-0.3, -0.25) is 0 Å². The van der Waals surface area contributed by atoms with Gasteiger partial charge >= 0.3 is 0 Å². The fourth-order valence-corrected chi connectivity index (χ4v) is 1.50. The Bertz CT molecular complexity index is 278. The molecule has 0 amide bonds. The molecule has 3 nitrogen and oxygen atoms in total. The van der Waals surface area contributed by atoms with Crippen molar-refractivity contribution in [3.05, 3.63) is 17.7 Å². The lowest BCUT2D eigenvalue weighted by atomic mass is 10.2. The van der Waals surface area contributed by atoms with E-state index in [9.17, 15) is 0 Å². The SMILES string of the molecule is CC(C)c1ncc2n1OCCC2. The molecular formula is C9H14N2O. The fraction of sp³-hybridized carbons (Fsp3) is 0.667. The normalized spacial score (nSPS) is 15.9. The Kier molecular flexibility index (Phi) is 1.79. The van der Waals surface area contributed by atoms with Gasteiger partial charge in [0.05, 0.1) is 11.9 Å². The maximum absolute atomic E-state index is 5.51. The average molecular weight is 166 g/mol. The molecule has 0 saturated carbocycles. The van der Waals surface area contributed by atoms with Crippen LogP contribution in [0.2, 0.25) is 0 Å². The minimum Gasteiger partial charge on any atom is -0.412 e. The monoisotopic (exact) mass is 166 g/mol. The summed E-state index contributed by atoms with van der Waals surface area (Å²) in [6.07, 6.45) is 4.14. The van der Waals surface area contributed by atoms with Gasteiger partial charge in [0.2, 0.25) is 0 Å². The zero-order valence-electron chi connectivity index (χ0n) is 7.58. The largest absolute Gasteiger partial charge is 0.412 e. The summed E-state index contributed by atoms with van der Waals surface area (Å²) in [7, 11) is 0. The maximum atomic E-state index is 5.51. The highest BCUT2D eigenvalue weighted by molar-refractivity contribution is 5.07. The summed E-state index contributed by atoms with van der Waals surface area (Å²) in [4.78, 5) is 9.85. The number of hydrogen-bond acceptors (Lipinski definition) is 2. The van der Waals surface area contributed by atoms with E-state index >= 15 is 0 Å². The molecule has 0 bridgehead atoms. The summed E-state index contributed by atoms with van der Waals surface area (Å²) in [5.41, 5.74) is 1.21. The Hall–Kier alpha value is -0.990.